The summed E-state index contributed by atoms with van der Waals surface area (Å²) in [6, 6.07) is 31.4. The van der Waals surface area contributed by atoms with Gasteiger partial charge in [-0.25, -0.2) is 0 Å². The van der Waals surface area contributed by atoms with Gasteiger partial charge < -0.3 is 4.57 Å². The molecule has 0 unspecified atom stereocenters. The molecule has 142 valence electrons. The molecule has 0 N–H and O–H groups in total. The molecule has 7 rings (SSSR count). The summed E-state index contributed by atoms with van der Waals surface area (Å²) >= 11 is 0. The highest BCUT2D eigenvalue weighted by Gasteiger charge is 2.27. The SMILES string of the molecule is CCn1c2c3c(c4ccccc4c2c2ccc4ccccc4c21)Cc1ccccc1-3. The van der Waals surface area contributed by atoms with E-state index in [9.17, 15) is 0 Å². The zero-order valence-corrected chi connectivity index (χ0v) is 16.9. The Morgan fingerprint density at radius 1 is 0.667 bits per heavy atom. The third-order valence-electron chi connectivity index (χ3n) is 6.98. The Morgan fingerprint density at radius 2 is 1.40 bits per heavy atom. The second-order valence-corrected chi connectivity index (χ2v) is 8.38. The second kappa shape index (κ2) is 5.73. The summed E-state index contributed by atoms with van der Waals surface area (Å²) in [7, 11) is 0. The molecule has 30 heavy (non-hydrogen) atoms. The summed E-state index contributed by atoms with van der Waals surface area (Å²) in [6.45, 7) is 3.24. The molecule has 1 aliphatic rings. The van der Waals surface area contributed by atoms with Crippen LogP contribution in [0.3, 0.4) is 0 Å². The van der Waals surface area contributed by atoms with E-state index in [1.165, 1.54) is 65.6 Å². The number of benzene rings is 5. The van der Waals surface area contributed by atoms with Crippen LogP contribution in [0.25, 0.3) is 54.5 Å². The zero-order chi connectivity index (χ0) is 19.8. The Labute approximate surface area is 175 Å². The summed E-state index contributed by atoms with van der Waals surface area (Å²) in [5, 5.41) is 8.21. The minimum Gasteiger partial charge on any atom is -0.340 e. The van der Waals surface area contributed by atoms with Crippen molar-refractivity contribution >= 4 is 43.4 Å². The van der Waals surface area contributed by atoms with Crippen LogP contribution in [0.1, 0.15) is 18.1 Å². The zero-order valence-electron chi connectivity index (χ0n) is 16.9. The molecule has 6 aromatic rings. The van der Waals surface area contributed by atoms with Gasteiger partial charge in [0, 0.05) is 28.3 Å². The summed E-state index contributed by atoms with van der Waals surface area (Å²) in [6.07, 6.45) is 1.02. The molecule has 0 fully saturated rings. The molecular weight excluding hydrogens is 362 g/mol. The third kappa shape index (κ3) is 1.88. The van der Waals surface area contributed by atoms with Gasteiger partial charge >= 0.3 is 0 Å². The van der Waals surface area contributed by atoms with E-state index in [0.717, 1.165) is 13.0 Å². The summed E-state index contributed by atoms with van der Waals surface area (Å²) in [5.41, 5.74) is 8.56. The number of hydrogen-bond donors (Lipinski definition) is 0. The van der Waals surface area contributed by atoms with Crippen molar-refractivity contribution in [3.63, 3.8) is 0 Å². The van der Waals surface area contributed by atoms with Gasteiger partial charge in [-0.15, -0.1) is 0 Å². The number of fused-ring (bicyclic) bond motifs is 12. The highest BCUT2D eigenvalue weighted by atomic mass is 15.0. The quantitative estimate of drug-likeness (QED) is 0.274. The molecule has 1 heteroatoms. The molecule has 0 saturated carbocycles. The first-order chi connectivity index (χ1) is 14.9. The normalized spacial score (nSPS) is 12.8. The van der Waals surface area contributed by atoms with Gasteiger partial charge in [0.2, 0.25) is 0 Å². The Kier molecular flexibility index (Phi) is 3.10. The van der Waals surface area contributed by atoms with Gasteiger partial charge in [0.15, 0.2) is 0 Å². The van der Waals surface area contributed by atoms with E-state index in [-0.39, 0.29) is 0 Å². The van der Waals surface area contributed by atoms with E-state index in [4.69, 9.17) is 0 Å². The van der Waals surface area contributed by atoms with Gasteiger partial charge in [0.05, 0.1) is 11.0 Å². The maximum absolute atomic E-state index is 2.57. The van der Waals surface area contributed by atoms with Crippen LogP contribution in [0.4, 0.5) is 0 Å². The van der Waals surface area contributed by atoms with E-state index in [2.05, 4.69) is 96.4 Å². The Hall–Kier alpha value is -3.58. The van der Waals surface area contributed by atoms with Gasteiger partial charge in [0.1, 0.15) is 0 Å². The van der Waals surface area contributed by atoms with Crippen LogP contribution in [-0.4, -0.2) is 4.57 Å². The van der Waals surface area contributed by atoms with Crippen LogP contribution < -0.4 is 0 Å². The number of aromatic nitrogens is 1. The van der Waals surface area contributed by atoms with E-state index in [1.54, 1.807) is 0 Å². The topological polar surface area (TPSA) is 4.93 Å². The summed E-state index contributed by atoms with van der Waals surface area (Å²) in [4.78, 5) is 0. The van der Waals surface area contributed by atoms with E-state index in [0.29, 0.717) is 0 Å². The van der Waals surface area contributed by atoms with Gasteiger partial charge in [-0.3, -0.25) is 0 Å². The summed E-state index contributed by atoms with van der Waals surface area (Å²) in [5.74, 6) is 0. The molecule has 1 heterocycles. The van der Waals surface area contributed by atoms with Gasteiger partial charge in [0.25, 0.3) is 0 Å². The highest BCUT2D eigenvalue weighted by Crippen LogP contribution is 2.49. The van der Waals surface area contributed by atoms with E-state index in [1.807, 2.05) is 0 Å². The maximum Gasteiger partial charge on any atom is 0.0580 e. The smallest absolute Gasteiger partial charge is 0.0580 e. The lowest BCUT2D eigenvalue weighted by Gasteiger charge is -2.13. The number of rotatable bonds is 1. The molecule has 1 aliphatic carbocycles. The molecule has 0 atom stereocenters. The molecule has 1 nitrogen and oxygen atoms in total. The largest absolute Gasteiger partial charge is 0.340 e. The van der Waals surface area contributed by atoms with Crippen molar-refractivity contribution in [2.24, 2.45) is 0 Å². The van der Waals surface area contributed by atoms with Crippen molar-refractivity contribution in [1.29, 1.82) is 0 Å². The molecular formula is C29H21N. The lowest BCUT2D eigenvalue weighted by Crippen LogP contribution is -1.97. The minimum atomic E-state index is 0.959. The van der Waals surface area contributed by atoms with Gasteiger partial charge in [-0.05, 0) is 46.2 Å². The predicted octanol–water partition coefficient (Wildman–Crippen LogP) is 7.69. The van der Waals surface area contributed by atoms with Crippen molar-refractivity contribution in [3.05, 3.63) is 96.1 Å². The van der Waals surface area contributed by atoms with Crippen molar-refractivity contribution in [2.75, 3.05) is 0 Å². The first-order valence-electron chi connectivity index (χ1n) is 10.8. The van der Waals surface area contributed by atoms with Crippen LogP contribution in [0, 0.1) is 0 Å². The number of hydrogen-bond acceptors (Lipinski definition) is 0. The molecule has 0 spiro atoms. The van der Waals surface area contributed by atoms with Crippen molar-refractivity contribution < 1.29 is 0 Å². The van der Waals surface area contributed by atoms with Crippen LogP contribution >= 0.6 is 0 Å². The molecule has 0 saturated heterocycles. The standard InChI is InChI=1S/C29H21N/c1-2-30-28-21-12-6-3-9-18(21)15-16-24(28)27-23-14-8-7-13-22(23)25-17-19-10-4-5-11-20(19)26(25)29(27)30/h3-16H,2,17H2,1H3. The lowest BCUT2D eigenvalue weighted by atomic mass is 9.94. The second-order valence-electron chi connectivity index (χ2n) is 8.38. The maximum atomic E-state index is 2.57. The molecule has 0 radical (unpaired) electrons. The predicted molar refractivity (Wildman–Crippen MR) is 128 cm³/mol. The molecule has 5 aromatic carbocycles. The lowest BCUT2D eigenvalue weighted by molar-refractivity contribution is 0.830. The Bertz CT molecular complexity index is 1650. The third-order valence-corrected chi connectivity index (χ3v) is 6.98. The monoisotopic (exact) mass is 383 g/mol. The van der Waals surface area contributed by atoms with Gasteiger partial charge in [-0.2, -0.15) is 0 Å². The highest BCUT2D eigenvalue weighted by molar-refractivity contribution is 6.29. The van der Waals surface area contributed by atoms with Crippen molar-refractivity contribution in [2.45, 2.75) is 19.9 Å². The molecule has 0 bridgehead atoms. The van der Waals surface area contributed by atoms with Crippen LogP contribution in [0.15, 0.2) is 84.9 Å². The van der Waals surface area contributed by atoms with Crippen molar-refractivity contribution in [1.82, 2.24) is 4.57 Å². The fraction of sp³-hybridized carbons (Fsp3) is 0.103. The van der Waals surface area contributed by atoms with Crippen LogP contribution in [0.2, 0.25) is 0 Å². The number of nitrogens with zero attached hydrogens (tertiary/aromatic N) is 1. The average molecular weight is 383 g/mol. The fourth-order valence-electron chi connectivity index (χ4n) is 5.80. The molecule has 0 amide bonds. The first kappa shape index (κ1) is 16.2. The van der Waals surface area contributed by atoms with Gasteiger partial charge in [-0.1, -0.05) is 84.9 Å². The fourth-order valence-corrected chi connectivity index (χ4v) is 5.80. The van der Waals surface area contributed by atoms with Crippen LogP contribution in [-0.2, 0) is 13.0 Å². The van der Waals surface area contributed by atoms with E-state index >= 15 is 0 Å². The molecule has 1 aromatic heterocycles. The van der Waals surface area contributed by atoms with E-state index < -0.39 is 0 Å². The minimum absolute atomic E-state index is 0.959. The summed E-state index contributed by atoms with van der Waals surface area (Å²) < 4.78 is 2.57. The molecule has 0 aliphatic heterocycles. The average Bonchev–Trinajstić information content (AvgIpc) is 3.35. The first-order valence-corrected chi connectivity index (χ1v) is 10.8. The Morgan fingerprint density at radius 3 is 2.27 bits per heavy atom. The number of aryl methyl sites for hydroxylation is 1. The van der Waals surface area contributed by atoms with Crippen LogP contribution in [0.5, 0.6) is 0 Å². The van der Waals surface area contributed by atoms with Crippen molar-refractivity contribution in [3.8, 4) is 11.1 Å². The Balaban J connectivity index is 1.84.